The highest BCUT2D eigenvalue weighted by Crippen LogP contribution is 2.13. The Morgan fingerprint density at radius 2 is 0.500 bits per heavy atom. The van der Waals surface area contributed by atoms with E-state index in [-0.39, 0.29) is 0 Å². The smallest absolute Gasteiger partial charge is 0.0348 e. The van der Waals surface area contributed by atoms with Crippen molar-refractivity contribution in [3.05, 3.63) is 60.8 Å². The maximum absolute atomic E-state index is 2.29. The predicted octanol–water partition coefficient (Wildman–Crippen LogP) is 8.24. The van der Waals surface area contributed by atoms with Crippen molar-refractivity contribution in [1.29, 1.82) is 0 Å². The fourth-order valence-corrected chi connectivity index (χ4v) is 3.03. The van der Waals surface area contributed by atoms with Crippen molar-refractivity contribution in [2.45, 2.75) is 89.9 Å². The highest BCUT2D eigenvalue weighted by atomic mass is 14.0. The number of hydrogen-bond acceptors (Lipinski definition) is 0. The summed E-state index contributed by atoms with van der Waals surface area (Å²) in [6, 6.07) is 0. The lowest BCUT2D eigenvalue weighted by molar-refractivity contribution is 0.542. The Morgan fingerprint density at radius 1 is 0.250 bits per heavy atom. The molecule has 134 valence electrons. The fourth-order valence-electron chi connectivity index (χ4n) is 3.03. The van der Waals surface area contributed by atoms with E-state index in [9.17, 15) is 0 Å². The molecule has 0 saturated heterocycles. The summed E-state index contributed by atoms with van der Waals surface area (Å²) in [7, 11) is 0. The van der Waals surface area contributed by atoms with E-state index in [1.807, 2.05) is 0 Å². The van der Waals surface area contributed by atoms with E-state index in [1.54, 1.807) is 0 Å². The molecule has 0 aromatic carbocycles. The van der Waals surface area contributed by atoms with Gasteiger partial charge in [-0.2, -0.15) is 0 Å². The Hall–Kier alpha value is -1.30. The second-order valence-corrected chi connectivity index (χ2v) is 6.83. The molecule has 1 aliphatic rings. The third kappa shape index (κ3) is 15.6. The van der Waals surface area contributed by atoms with Crippen LogP contribution in [0.25, 0.3) is 0 Å². The molecular weight excluding hydrogens is 288 g/mol. The summed E-state index contributed by atoms with van der Waals surface area (Å²) in [4.78, 5) is 0. The van der Waals surface area contributed by atoms with Gasteiger partial charge in [0.15, 0.2) is 0 Å². The van der Waals surface area contributed by atoms with Gasteiger partial charge < -0.3 is 0 Å². The Morgan fingerprint density at radius 3 is 0.833 bits per heavy atom. The van der Waals surface area contributed by atoms with Gasteiger partial charge in [0.05, 0.1) is 0 Å². The molecule has 0 heterocycles. The molecule has 0 nitrogen and oxygen atoms in total. The van der Waals surface area contributed by atoms with Crippen molar-refractivity contribution in [2.24, 2.45) is 0 Å². The molecule has 0 fully saturated rings. The molecule has 0 heteroatoms. The van der Waals surface area contributed by atoms with Crippen LogP contribution in [0.4, 0.5) is 0 Å². The maximum Gasteiger partial charge on any atom is -0.0348 e. The summed E-state index contributed by atoms with van der Waals surface area (Å²) in [5.74, 6) is 0. The van der Waals surface area contributed by atoms with Gasteiger partial charge in [0.1, 0.15) is 0 Å². The summed E-state index contributed by atoms with van der Waals surface area (Å²) < 4.78 is 0. The van der Waals surface area contributed by atoms with Crippen molar-refractivity contribution in [3.63, 3.8) is 0 Å². The molecule has 0 saturated carbocycles. The third-order valence-electron chi connectivity index (χ3n) is 4.54. The second kappa shape index (κ2) is 18.0. The summed E-state index contributed by atoms with van der Waals surface area (Å²) >= 11 is 0. The van der Waals surface area contributed by atoms with Crippen LogP contribution < -0.4 is 0 Å². The lowest BCUT2D eigenvalue weighted by Crippen LogP contribution is -1.82. The van der Waals surface area contributed by atoms with Gasteiger partial charge in [0.2, 0.25) is 0 Å². The zero-order chi connectivity index (χ0) is 17.0. The van der Waals surface area contributed by atoms with Crippen LogP contribution in [0.2, 0.25) is 0 Å². The van der Waals surface area contributed by atoms with Gasteiger partial charge in [-0.1, -0.05) is 125 Å². The van der Waals surface area contributed by atoms with Crippen LogP contribution in [0.3, 0.4) is 0 Å². The maximum atomic E-state index is 2.29. The van der Waals surface area contributed by atoms with Crippen molar-refractivity contribution < 1.29 is 0 Å². The lowest BCUT2D eigenvalue weighted by atomic mass is 10.0. The molecule has 0 aromatic rings. The zero-order valence-corrected chi connectivity index (χ0v) is 15.7. The Kier molecular flexibility index (Phi) is 15.6. The van der Waals surface area contributed by atoms with Crippen LogP contribution in [-0.2, 0) is 0 Å². The first kappa shape index (κ1) is 20.7. The van der Waals surface area contributed by atoms with Crippen LogP contribution in [0.5, 0.6) is 0 Å². The molecule has 0 amide bonds. The molecule has 0 aliphatic heterocycles. The summed E-state index contributed by atoms with van der Waals surface area (Å²) in [5.41, 5.74) is 0. The first-order valence-electron chi connectivity index (χ1n) is 10.3. The van der Waals surface area contributed by atoms with E-state index in [1.165, 1.54) is 89.9 Å². The molecular formula is C24H38. The van der Waals surface area contributed by atoms with Gasteiger partial charge >= 0.3 is 0 Å². The van der Waals surface area contributed by atoms with Crippen molar-refractivity contribution >= 4 is 0 Å². The minimum Gasteiger partial charge on any atom is -0.0845 e. The molecule has 0 N–H and O–H groups in total. The topological polar surface area (TPSA) is 0 Å². The first-order chi connectivity index (χ1) is 12.0. The fraction of sp³-hybridized carbons (Fsp3) is 0.583. The molecule has 0 aromatic heterocycles. The highest BCUT2D eigenvalue weighted by molar-refractivity contribution is 5.17. The summed E-state index contributed by atoms with van der Waals surface area (Å²) in [6.45, 7) is 0. The molecule has 24 heavy (non-hydrogen) atoms. The van der Waals surface area contributed by atoms with Gasteiger partial charge in [-0.15, -0.1) is 0 Å². The molecule has 1 rings (SSSR count). The highest BCUT2D eigenvalue weighted by Gasteiger charge is 1.93. The summed E-state index contributed by atoms with van der Waals surface area (Å²) in [6.07, 6.45) is 41.0. The van der Waals surface area contributed by atoms with Gasteiger partial charge in [0, 0.05) is 0 Å². The van der Waals surface area contributed by atoms with E-state index in [4.69, 9.17) is 0 Å². The molecule has 0 unspecified atom stereocenters. The summed E-state index contributed by atoms with van der Waals surface area (Å²) in [5, 5.41) is 0. The van der Waals surface area contributed by atoms with Crippen LogP contribution in [0.15, 0.2) is 60.8 Å². The monoisotopic (exact) mass is 326 g/mol. The van der Waals surface area contributed by atoms with Crippen molar-refractivity contribution in [3.8, 4) is 0 Å². The Balaban J connectivity index is 2.25. The number of hydrogen-bond donors (Lipinski definition) is 0. The Bertz CT molecular complexity index is 354. The molecule has 1 aliphatic carbocycles. The first-order valence-corrected chi connectivity index (χ1v) is 10.3. The average molecular weight is 327 g/mol. The van der Waals surface area contributed by atoms with Crippen LogP contribution in [0, 0.1) is 0 Å². The minimum atomic E-state index is 1.22. The third-order valence-corrected chi connectivity index (χ3v) is 4.54. The van der Waals surface area contributed by atoms with Crippen LogP contribution in [0.1, 0.15) is 89.9 Å². The normalized spacial score (nSPS) is 26.0. The lowest BCUT2D eigenvalue weighted by Gasteiger charge is -2.02. The zero-order valence-electron chi connectivity index (χ0n) is 15.7. The van der Waals surface area contributed by atoms with E-state index in [0.29, 0.717) is 0 Å². The van der Waals surface area contributed by atoms with Gasteiger partial charge in [0.25, 0.3) is 0 Å². The van der Waals surface area contributed by atoms with Crippen molar-refractivity contribution in [2.75, 3.05) is 0 Å². The number of rotatable bonds is 0. The largest absolute Gasteiger partial charge is 0.0845 e. The second-order valence-electron chi connectivity index (χ2n) is 6.83. The average Bonchev–Trinajstić information content (AvgIpc) is 2.59. The quantitative estimate of drug-likeness (QED) is 0.420. The van der Waals surface area contributed by atoms with E-state index < -0.39 is 0 Å². The van der Waals surface area contributed by atoms with Crippen molar-refractivity contribution in [1.82, 2.24) is 0 Å². The van der Waals surface area contributed by atoms with Gasteiger partial charge in [-0.25, -0.2) is 0 Å². The molecule has 0 radical (unpaired) electrons. The molecule has 0 bridgehead atoms. The number of allylic oxidation sites excluding steroid dienone is 10. The Labute approximate surface area is 151 Å². The van der Waals surface area contributed by atoms with E-state index in [2.05, 4.69) is 60.8 Å². The van der Waals surface area contributed by atoms with E-state index >= 15 is 0 Å². The van der Waals surface area contributed by atoms with Crippen LogP contribution in [-0.4, -0.2) is 0 Å². The molecule has 0 atom stereocenters. The predicted molar refractivity (Wildman–Crippen MR) is 110 cm³/mol. The standard InChI is InChI=1S/C24H38/c1-2-4-6-8-10-12-14-16-18-20-22-24-23-21-19-17-15-13-11-9-7-5-3-1/h1-10H,11-24H2/b2-1+,5-3-,6-4+,9-7?,10-8+. The SMILES string of the molecule is C1=CCCCCCCCCCCCCCC/C=C/C=C/C=C/C=C\1. The minimum absolute atomic E-state index is 1.22. The van der Waals surface area contributed by atoms with Gasteiger partial charge in [-0.05, 0) is 25.7 Å². The van der Waals surface area contributed by atoms with Gasteiger partial charge in [-0.3, -0.25) is 0 Å². The van der Waals surface area contributed by atoms with E-state index in [0.717, 1.165) is 0 Å². The van der Waals surface area contributed by atoms with Crippen LogP contribution >= 0.6 is 0 Å². The molecule has 0 spiro atoms.